The normalized spacial score (nSPS) is 9.20. The van der Waals surface area contributed by atoms with Crippen LogP contribution in [0.5, 0.6) is 0 Å². The van der Waals surface area contributed by atoms with Crippen LogP contribution in [0.4, 0.5) is 0 Å². The molecule has 0 fully saturated rings. The Bertz CT molecular complexity index is 198. The van der Waals surface area contributed by atoms with Gasteiger partial charge in [0.2, 0.25) is 0 Å². The highest BCUT2D eigenvalue weighted by Crippen LogP contribution is 2.09. The van der Waals surface area contributed by atoms with E-state index in [-0.39, 0.29) is 0 Å². The van der Waals surface area contributed by atoms with Gasteiger partial charge in [-0.25, -0.2) is 9.97 Å². The fraction of sp³-hybridized carbons (Fsp3) is 0.143. The van der Waals surface area contributed by atoms with Crippen molar-refractivity contribution in [3.8, 4) is 0 Å². The molecule has 3 heteroatoms. The van der Waals surface area contributed by atoms with Crippen LogP contribution in [-0.4, -0.2) is 15.7 Å². The minimum Gasteiger partial charge on any atom is -0.231 e. The van der Waals surface area contributed by atoms with Gasteiger partial charge in [-0.1, -0.05) is 17.8 Å². The van der Waals surface area contributed by atoms with Crippen LogP contribution in [0.25, 0.3) is 0 Å². The summed E-state index contributed by atoms with van der Waals surface area (Å²) in [6.07, 6.45) is 5.30. The van der Waals surface area contributed by atoms with Crippen molar-refractivity contribution >= 4 is 11.8 Å². The molecule has 0 aliphatic carbocycles. The lowest BCUT2D eigenvalue weighted by Crippen LogP contribution is -1.82. The van der Waals surface area contributed by atoms with E-state index in [2.05, 4.69) is 16.5 Å². The zero-order valence-corrected chi connectivity index (χ0v) is 6.34. The average Bonchev–Trinajstić information content (AvgIpc) is 2.03. The smallest absolute Gasteiger partial charge is 0.187 e. The molecule has 0 spiro atoms. The van der Waals surface area contributed by atoms with Crippen LogP contribution >= 0.6 is 11.8 Å². The Morgan fingerprint density at radius 2 is 2.20 bits per heavy atom. The minimum atomic E-state index is 0.808. The fourth-order valence-electron chi connectivity index (χ4n) is 0.493. The maximum absolute atomic E-state index is 4.02. The third-order valence-corrected chi connectivity index (χ3v) is 1.74. The lowest BCUT2D eigenvalue weighted by molar-refractivity contribution is 0.969. The molecule has 10 heavy (non-hydrogen) atoms. The molecule has 0 aliphatic rings. The van der Waals surface area contributed by atoms with Gasteiger partial charge in [-0.05, 0) is 6.07 Å². The summed E-state index contributed by atoms with van der Waals surface area (Å²) < 4.78 is 0. The topological polar surface area (TPSA) is 25.8 Å². The third-order valence-electron chi connectivity index (χ3n) is 0.872. The summed E-state index contributed by atoms with van der Waals surface area (Å²) in [5, 5.41) is 0.808. The largest absolute Gasteiger partial charge is 0.231 e. The van der Waals surface area contributed by atoms with Gasteiger partial charge in [0, 0.05) is 18.1 Å². The van der Waals surface area contributed by atoms with Crippen molar-refractivity contribution < 1.29 is 0 Å². The van der Waals surface area contributed by atoms with Crippen molar-refractivity contribution in [3.63, 3.8) is 0 Å². The van der Waals surface area contributed by atoms with Crippen molar-refractivity contribution in [2.24, 2.45) is 0 Å². The molecule has 0 radical (unpaired) electrons. The standard InChI is InChI=1S/C7H8N2S/c1-2-6-10-7-8-4-3-5-9-7/h2-5H,1,6H2. The predicted molar refractivity (Wildman–Crippen MR) is 43.0 cm³/mol. The summed E-state index contributed by atoms with van der Waals surface area (Å²) in [5.74, 6) is 0.865. The van der Waals surface area contributed by atoms with E-state index in [1.165, 1.54) is 0 Å². The Kier molecular flexibility index (Phi) is 2.96. The average molecular weight is 152 g/mol. The first kappa shape index (κ1) is 7.28. The second kappa shape index (κ2) is 4.06. The van der Waals surface area contributed by atoms with Crippen LogP contribution in [0.15, 0.2) is 36.3 Å². The van der Waals surface area contributed by atoms with E-state index in [9.17, 15) is 0 Å². The second-order valence-electron chi connectivity index (χ2n) is 1.63. The molecule has 0 aliphatic heterocycles. The van der Waals surface area contributed by atoms with Crippen LogP contribution in [0.1, 0.15) is 0 Å². The minimum absolute atomic E-state index is 0.808. The van der Waals surface area contributed by atoms with Crippen molar-refractivity contribution in [3.05, 3.63) is 31.1 Å². The first-order valence-electron chi connectivity index (χ1n) is 2.94. The van der Waals surface area contributed by atoms with E-state index in [1.807, 2.05) is 6.08 Å². The highest BCUT2D eigenvalue weighted by Gasteiger charge is 1.89. The van der Waals surface area contributed by atoms with Crippen molar-refractivity contribution in [1.29, 1.82) is 0 Å². The van der Waals surface area contributed by atoms with E-state index >= 15 is 0 Å². The van der Waals surface area contributed by atoms with Crippen molar-refractivity contribution in [2.75, 3.05) is 5.75 Å². The second-order valence-corrected chi connectivity index (χ2v) is 2.62. The zero-order chi connectivity index (χ0) is 7.23. The van der Waals surface area contributed by atoms with Crippen LogP contribution < -0.4 is 0 Å². The van der Waals surface area contributed by atoms with Gasteiger partial charge in [0.1, 0.15) is 0 Å². The molecule has 0 unspecified atom stereocenters. The molecule has 0 amide bonds. The molecule has 0 saturated heterocycles. The van der Waals surface area contributed by atoms with Gasteiger partial charge >= 0.3 is 0 Å². The lowest BCUT2D eigenvalue weighted by atomic mass is 10.7. The highest BCUT2D eigenvalue weighted by atomic mass is 32.2. The first-order valence-corrected chi connectivity index (χ1v) is 3.93. The molecule has 0 N–H and O–H groups in total. The quantitative estimate of drug-likeness (QED) is 0.375. The first-order chi connectivity index (χ1) is 4.93. The van der Waals surface area contributed by atoms with Gasteiger partial charge in [-0.15, -0.1) is 6.58 Å². The SMILES string of the molecule is C=CCSc1ncccn1. The molecule has 52 valence electrons. The molecule has 1 rings (SSSR count). The highest BCUT2D eigenvalue weighted by molar-refractivity contribution is 7.99. The number of thioether (sulfide) groups is 1. The van der Waals surface area contributed by atoms with Crippen molar-refractivity contribution in [1.82, 2.24) is 9.97 Å². The molecule has 2 nitrogen and oxygen atoms in total. The van der Waals surface area contributed by atoms with Crippen LogP contribution in [0.2, 0.25) is 0 Å². The summed E-state index contributed by atoms with van der Waals surface area (Å²) >= 11 is 1.58. The maximum atomic E-state index is 4.02. The van der Waals surface area contributed by atoms with Gasteiger partial charge in [0.25, 0.3) is 0 Å². The van der Waals surface area contributed by atoms with E-state index in [4.69, 9.17) is 0 Å². The molecule has 1 heterocycles. The van der Waals surface area contributed by atoms with Crippen LogP contribution in [0, 0.1) is 0 Å². The van der Waals surface area contributed by atoms with E-state index in [0.29, 0.717) is 0 Å². The summed E-state index contributed by atoms with van der Waals surface area (Å²) in [7, 11) is 0. The van der Waals surface area contributed by atoms with Gasteiger partial charge in [0.15, 0.2) is 5.16 Å². The molecular formula is C7H8N2S. The summed E-state index contributed by atoms with van der Waals surface area (Å²) in [4.78, 5) is 8.04. The lowest BCUT2D eigenvalue weighted by Gasteiger charge is -1.92. The van der Waals surface area contributed by atoms with E-state index < -0.39 is 0 Å². The van der Waals surface area contributed by atoms with E-state index in [1.54, 1.807) is 30.2 Å². The molecule has 0 saturated carbocycles. The number of rotatable bonds is 3. The molecule has 0 aromatic carbocycles. The van der Waals surface area contributed by atoms with E-state index in [0.717, 1.165) is 10.9 Å². The van der Waals surface area contributed by atoms with Gasteiger partial charge in [-0.3, -0.25) is 0 Å². The third kappa shape index (κ3) is 2.19. The molecule has 1 aromatic heterocycles. The number of nitrogens with zero attached hydrogens (tertiary/aromatic N) is 2. The van der Waals surface area contributed by atoms with Gasteiger partial charge in [0.05, 0.1) is 0 Å². The Labute approximate surface area is 64.4 Å². The summed E-state index contributed by atoms with van der Waals surface area (Å²) in [5.41, 5.74) is 0. The van der Waals surface area contributed by atoms with Gasteiger partial charge < -0.3 is 0 Å². The van der Waals surface area contributed by atoms with Crippen molar-refractivity contribution in [2.45, 2.75) is 5.16 Å². The summed E-state index contributed by atoms with van der Waals surface area (Å²) in [6.45, 7) is 3.60. The number of hydrogen-bond acceptors (Lipinski definition) is 3. The fourth-order valence-corrected chi connectivity index (χ4v) is 1.03. The van der Waals surface area contributed by atoms with Crippen LogP contribution in [0.3, 0.4) is 0 Å². The Balaban J connectivity index is 2.50. The number of aromatic nitrogens is 2. The zero-order valence-electron chi connectivity index (χ0n) is 5.53. The molecule has 1 aromatic rings. The van der Waals surface area contributed by atoms with Gasteiger partial charge in [-0.2, -0.15) is 0 Å². The Hall–Kier alpha value is -0.830. The number of hydrogen-bond donors (Lipinski definition) is 0. The molecule has 0 bridgehead atoms. The molecular weight excluding hydrogens is 144 g/mol. The summed E-state index contributed by atoms with van der Waals surface area (Å²) in [6, 6.07) is 1.80. The van der Waals surface area contributed by atoms with Crippen LogP contribution in [-0.2, 0) is 0 Å². The predicted octanol–water partition coefficient (Wildman–Crippen LogP) is 1.75. The molecule has 0 atom stereocenters. The Morgan fingerprint density at radius 1 is 1.50 bits per heavy atom. The monoisotopic (exact) mass is 152 g/mol. The maximum Gasteiger partial charge on any atom is 0.187 e. The Morgan fingerprint density at radius 3 is 2.80 bits per heavy atom.